The van der Waals surface area contributed by atoms with Crippen LogP contribution >= 0.6 is 22.9 Å². The van der Waals surface area contributed by atoms with Crippen LogP contribution in [-0.4, -0.2) is 28.5 Å². The van der Waals surface area contributed by atoms with Crippen molar-refractivity contribution in [3.05, 3.63) is 69.9 Å². The number of rotatable bonds is 6. The molecule has 0 fully saturated rings. The molecule has 1 heterocycles. The van der Waals surface area contributed by atoms with Crippen molar-refractivity contribution < 1.29 is 17.9 Å². The molecule has 1 N–H and O–H groups in total. The van der Waals surface area contributed by atoms with Crippen molar-refractivity contribution in [3.63, 3.8) is 0 Å². The number of methoxy groups -OCH3 is 1. The predicted octanol–water partition coefficient (Wildman–Crippen LogP) is 4.49. The largest absolute Gasteiger partial charge is 0.497 e. The summed E-state index contributed by atoms with van der Waals surface area (Å²) in [6.07, 6.45) is 0. The summed E-state index contributed by atoms with van der Waals surface area (Å²) in [5.74, 6) is 0.0747. The van der Waals surface area contributed by atoms with Crippen LogP contribution in [0.1, 0.15) is 9.67 Å². The van der Waals surface area contributed by atoms with E-state index < -0.39 is 15.9 Å². The smallest absolute Gasteiger partial charge is 0.267 e. The molecule has 3 rings (SSSR count). The van der Waals surface area contributed by atoms with E-state index in [1.54, 1.807) is 53.9 Å². The highest BCUT2D eigenvalue weighted by Crippen LogP contribution is 2.29. The molecule has 0 unspecified atom stereocenters. The Balaban J connectivity index is 1.89. The minimum atomic E-state index is -3.93. The van der Waals surface area contributed by atoms with Crippen LogP contribution in [0.25, 0.3) is 0 Å². The second kappa shape index (κ2) is 8.22. The Hall–Kier alpha value is -2.55. The summed E-state index contributed by atoms with van der Waals surface area (Å²) in [6.45, 7) is 0. The molecule has 0 bridgehead atoms. The van der Waals surface area contributed by atoms with Gasteiger partial charge in [0.1, 0.15) is 15.5 Å². The van der Waals surface area contributed by atoms with Gasteiger partial charge in [0.25, 0.3) is 15.9 Å². The zero-order valence-electron chi connectivity index (χ0n) is 15.0. The Bertz CT molecular complexity index is 1100. The summed E-state index contributed by atoms with van der Waals surface area (Å²) in [7, 11) is -0.971. The summed E-state index contributed by atoms with van der Waals surface area (Å²) >= 11 is 6.93. The number of benzene rings is 2. The Morgan fingerprint density at radius 2 is 1.86 bits per heavy atom. The van der Waals surface area contributed by atoms with Crippen LogP contribution in [0.3, 0.4) is 0 Å². The van der Waals surface area contributed by atoms with Gasteiger partial charge in [-0.25, -0.2) is 8.42 Å². The van der Waals surface area contributed by atoms with Crippen LogP contribution in [0.2, 0.25) is 5.02 Å². The molecule has 6 nitrogen and oxygen atoms in total. The van der Waals surface area contributed by atoms with Crippen LogP contribution in [0.15, 0.2) is 64.9 Å². The lowest BCUT2D eigenvalue weighted by Crippen LogP contribution is -2.28. The van der Waals surface area contributed by atoms with Gasteiger partial charge in [-0.3, -0.25) is 9.10 Å². The lowest BCUT2D eigenvalue weighted by molar-refractivity contribution is 0.102. The lowest BCUT2D eigenvalue weighted by Gasteiger charge is -2.19. The Kier molecular flexibility index (Phi) is 5.93. The molecule has 2 aromatic carbocycles. The van der Waals surface area contributed by atoms with Gasteiger partial charge in [0.15, 0.2) is 0 Å². The van der Waals surface area contributed by atoms with Crippen molar-refractivity contribution in [2.45, 2.75) is 4.90 Å². The van der Waals surface area contributed by atoms with Crippen LogP contribution in [-0.2, 0) is 10.0 Å². The van der Waals surface area contributed by atoms with Crippen molar-refractivity contribution >= 4 is 50.2 Å². The topological polar surface area (TPSA) is 75.7 Å². The molecule has 0 atom stereocenters. The maximum absolute atomic E-state index is 13.1. The van der Waals surface area contributed by atoms with Crippen molar-refractivity contribution in [2.75, 3.05) is 23.8 Å². The molecule has 146 valence electrons. The van der Waals surface area contributed by atoms with Crippen molar-refractivity contribution in [1.29, 1.82) is 0 Å². The minimum Gasteiger partial charge on any atom is -0.497 e. The third-order valence-electron chi connectivity index (χ3n) is 3.99. The molecule has 0 saturated carbocycles. The molecule has 1 amide bonds. The first-order chi connectivity index (χ1) is 13.3. The number of hydrogen-bond acceptors (Lipinski definition) is 5. The maximum atomic E-state index is 13.1. The van der Waals surface area contributed by atoms with E-state index in [9.17, 15) is 13.2 Å². The highest BCUT2D eigenvalue weighted by atomic mass is 35.5. The molecule has 0 spiro atoms. The van der Waals surface area contributed by atoms with Crippen LogP contribution < -0.4 is 14.4 Å². The number of amides is 1. The van der Waals surface area contributed by atoms with Gasteiger partial charge < -0.3 is 10.1 Å². The first-order valence-corrected chi connectivity index (χ1v) is 10.8. The summed E-state index contributed by atoms with van der Waals surface area (Å²) in [5.41, 5.74) is 0.946. The van der Waals surface area contributed by atoms with E-state index in [1.807, 2.05) is 0 Å². The number of nitrogens with zero attached hydrogens (tertiary/aromatic N) is 1. The summed E-state index contributed by atoms with van der Waals surface area (Å²) in [6, 6.07) is 14.7. The fourth-order valence-corrected chi connectivity index (χ4v) is 5.11. The summed E-state index contributed by atoms with van der Waals surface area (Å²) in [4.78, 5) is 12.7. The van der Waals surface area contributed by atoms with E-state index in [2.05, 4.69) is 5.32 Å². The number of carbonyl (C=O) groups is 1. The minimum absolute atomic E-state index is 0.0599. The summed E-state index contributed by atoms with van der Waals surface area (Å²) in [5, 5.41) is 4.78. The molecular formula is C19H17ClN2O4S2. The monoisotopic (exact) mass is 436 g/mol. The molecule has 3 aromatic rings. The third kappa shape index (κ3) is 4.14. The zero-order chi connectivity index (χ0) is 20.3. The highest BCUT2D eigenvalue weighted by molar-refractivity contribution is 7.93. The maximum Gasteiger partial charge on any atom is 0.267 e. The quantitative estimate of drug-likeness (QED) is 0.617. The summed E-state index contributed by atoms with van der Waals surface area (Å²) < 4.78 is 32.4. The number of sulfonamides is 1. The fraction of sp³-hybridized carbons (Fsp3) is 0.105. The number of ether oxygens (including phenoxy) is 1. The fourth-order valence-electron chi connectivity index (χ4n) is 2.49. The molecule has 0 aliphatic rings. The SMILES string of the molecule is COc1cccc(NC(=O)c2sccc2S(=O)(=O)N(C)c2ccc(Cl)cc2)c1. The number of carbonyl (C=O) groups excluding carboxylic acids is 1. The number of thiophene rings is 1. The van der Waals surface area contributed by atoms with Crippen molar-refractivity contribution in [3.8, 4) is 5.75 Å². The van der Waals surface area contributed by atoms with E-state index in [1.165, 1.54) is 20.2 Å². The van der Waals surface area contributed by atoms with Gasteiger partial charge >= 0.3 is 0 Å². The second-order valence-corrected chi connectivity index (χ2v) is 9.04. The molecule has 0 radical (unpaired) electrons. The van der Waals surface area contributed by atoms with Gasteiger partial charge in [-0.15, -0.1) is 11.3 Å². The number of hydrogen-bond donors (Lipinski definition) is 1. The van der Waals surface area contributed by atoms with Crippen molar-refractivity contribution in [1.82, 2.24) is 0 Å². The molecule has 1 aromatic heterocycles. The van der Waals surface area contributed by atoms with E-state index >= 15 is 0 Å². The van der Waals surface area contributed by atoms with E-state index in [-0.39, 0.29) is 9.77 Å². The molecule has 9 heteroatoms. The van der Waals surface area contributed by atoms with Crippen molar-refractivity contribution in [2.24, 2.45) is 0 Å². The molecule has 0 aliphatic heterocycles. The first-order valence-electron chi connectivity index (χ1n) is 8.10. The number of nitrogens with one attached hydrogen (secondary N) is 1. The predicted molar refractivity (Wildman–Crippen MR) is 112 cm³/mol. The van der Waals surface area contributed by atoms with Gasteiger partial charge in [0, 0.05) is 23.8 Å². The lowest BCUT2D eigenvalue weighted by atomic mass is 10.3. The zero-order valence-corrected chi connectivity index (χ0v) is 17.4. The standard InChI is InChI=1S/C19H17ClN2O4S2/c1-22(15-8-6-13(20)7-9-15)28(24,25)17-10-11-27-18(17)19(23)21-14-4-3-5-16(12-14)26-2/h3-12H,1-2H3,(H,21,23). The van der Waals surface area contributed by atoms with E-state index in [0.717, 1.165) is 15.6 Å². The average Bonchev–Trinajstić information content (AvgIpc) is 3.19. The van der Waals surface area contributed by atoms with Gasteiger partial charge in [-0.2, -0.15) is 0 Å². The van der Waals surface area contributed by atoms with Gasteiger partial charge in [-0.05, 0) is 47.8 Å². The molecular weight excluding hydrogens is 420 g/mol. The van der Waals surface area contributed by atoms with Crippen LogP contribution in [0.5, 0.6) is 5.75 Å². The molecule has 28 heavy (non-hydrogen) atoms. The number of halogens is 1. The second-order valence-electron chi connectivity index (χ2n) is 5.75. The van der Waals surface area contributed by atoms with Crippen LogP contribution in [0.4, 0.5) is 11.4 Å². The van der Waals surface area contributed by atoms with Gasteiger partial charge in [-0.1, -0.05) is 17.7 Å². The average molecular weight is 437 g/mol. The van der Waals surface area contributed by atoms with Crippen LogP contribution in [0, 0.1) is 0 Å². The normalized spacial score (nSPS) is 11.1. The molecule has 0 aliphatic carbocycles. The number of anilines is 2. The first kappa shape index (κ1) is 20.2. The molecule has 0 saturated heterocycles. The van der Waals surface area contributed by atoms with E-state index in [0.29, 0.717) is 22.1 Å². The van der Waals surface area contributed by atoms with Gasteiger partial charge in [0.05, 0.1) is 12.8 Å². The Morgan fingerprint density at radius 3 is 2.54 bits per heavy atom. The van der Waals surface area contributed by atoms with E-state index in [4.69, 9.17) is 16.3 Å². The Labute approximate surface area is 172 Å². The van der Waals surface area contributed by atoms with Gasteiger partial charge in [0.2, 0.25) is 0 Å². The Morgan fingerprint density at radius 1 is 1.14 bits per heavy atom. The third-order valence-corrected chi connectivity index (χ3v) is 7.11. The highest BCUT2D eigenvalue weighted by Gasteiger charge is 2.28.